The predicted octanol–water partition coefficient (Wildman–Crippen LogP) is 5.25. The molecule has 1 aromatic heterocycles. The number of fused-ring (bicyclic) bond motifs is 1. The number of hydrogen-bond acceptors (Lipinski definition) is 5. The Labute approximate surface area is 234 Å². The second-order valence-electron chi connectivity index (χ2n) is 10.9. The summed E-state index contributed by atoms with van der Waals surface area (Å²) < 4.78 is 20.8. The van der Waals surface area contributed by atoms with Gasteiger partial charge in [-0.3, -0.25) is 14.5 Å². The van der Waals surface area contributed by atoms with Crippen molar-refractivity contribution in [3.05, 3.63) is 76.2 Å². The third-order valence-electron chi connectivity index (χ3n) is 6.93. The van der Waals surface area contributed by atoms with E-state index in [1.807, 2.05) is 36.7 Å². The van der Waals surface area contributed by atoms with Crippen molar-refractivity contribution in [1.82, 2.24) is 15.1 Å². The molecule has 4 rings (SSSR count). The molecular formula is C30H37FN4O3S. The lowest BCUT2D eigenvalue weighted by Gasteiger charge is -2.25. The molecular weight excluding hydrogens is 515 g/mol. The van der Waals surface area contributed by atoms with Crippen LogP contribution in [0, 0.1) is 19.7 Å². The van der Waals surface area contributed by atoms with E-state index in [2.05, 4.69) is 26.1 Å². The number of carbonyl (C=O) groups excluding carboxylic acids is 2. The molecule has 2 heterocycles. The van der Waals surface area contributed by atoms with Crippen LogP contribution >= 0.6 is 11.8 Å². The Hall–Kier alpha value is -3.17. The van der Waals surface area contributed by atoms with Crippen molar-refractivity contribution in [2.24, 2.45) is 0 Å². The zero-order chi connectivity index (χ0) is 28.3. The van der Waals surface area contributed by atoms with E-state index < -0.39 is 0 Å². The second-order valence-corrected chi connectivity index (χ2v) is 12.0. The molecule has 0 aliphatic carbocycles. The zero-order valence-corrected chi connectivity index (χ0v) is 24.3. The first-order chi connectivity index (χ1) is 18.5. The molecule has 0 saturated carbocycles. The van der Waals surface area contributed by atoms with E-state index in [1.165, 1.54) is 23.9 Å². The van der Waals surface area contributed by atoms with Gasteiger partial charge in [-0.05, 0) is 55.2 Å². The summed E-state index contributed by atoms with van der Waals surface area (Å²) in [7, 11) is 1.62. The van der Waals surface area contributed by atoms with Gasteiger partial charge in [0.2, 0.25) is 11.8 Å². The van der Waals surface area contributed by atoms with Crippen LogP contribution in [0.15, 0.2) is 42.5 Å². The molecule has 1 atom stereocenters. The van der Waals surface area contributed by atoms with Gasteiger partial charge in [0.25, 0.3) is 0 Å². The molecule has 1 aliphatic rings. The van der Waals surface area contributed by atoms with Crippen LogP contribution in [0.3, 0.4) is 0 Å². The molecule has 2 amide bonds. The second kappa shape index (κ2) is 11.9. The number of aryl methyl sites for hydroxylation is 1. The fourth-order valence-corrected chi connectivity index (χ4v) is 5.95. The van der Waals surface area contributed by atoms with Gasteiger partial charge in [0.15, 0.2) is 0 Å². The van der Waals surface area contributed by atoms with E-state index in [0.717, 1.165) is 33.6 Å². The van der Waals surface area contributed by atoms with Gasteiger partial charge >= 0.3 is 0 Å². The summed E-state index contributed by atoms with van der Waals surface area (Å²) in [6, 6.07) is 12.4. The van der Waals surface area contributed by atoms with E-state index >= 15 is 0 Å². The summed E-state index contributed by atoms with van der Waals surface area (Å²) in [6.45, 7) is 11.2. The number of nitrogens with one attached hydrogen (secondary N) is 1. The highest BCUT2D eigenvalue weighted by Gasteiger charge is 2.40. The molecule has 39 heavy (non-hydrogen) atoms. The van der Waals surface area contributed by atoms with Crippen molar-refractivity contribution in [3.63, 3.8) is 0 Å². The topological polar surface area (TPSA) is 76.5 Å². The maximum Gasteiger partial charge on any atom is 0.240 e. The third kappa shape index (κ3) is 6.20. The molecule has 9 heteroatoms. The third-order valence-corrected chi connectivity index (χ3v) is 8.18. The van der Waals surface area contributed by atoms with Gasteiger partial charge in [-0.15, -0.1) is 11.8 Å². The molecule has 3 aromatic rings. The van der Waals surface area contributed by atoms with Crippen LogP contribution in [0.4, 0.5) is 10.2 Å². The first-order valence-electron chi connectivity index (χ1n) is 13.2. The molecule has 0 saturated heterocycles. The molecule has 1 N–H and O–H groups in total. The zero-order valence-electron chi connectivity index (χ0n) is 23.5. The summed E-state index contributed by atoms with van der Waals surface area (Å²) >= 11 is 1.48. The number of anilines is 1. The number of hydrogen-bond donors (Lipinski definition) is 1. The van der Waals surface area contributed by atoms with Gasteiger partial charge in [0, 0.05) is 31.2 Å². The van der Waals surface area contributed by atoms with Crippen LogP contribution in [0.25, 0.3) is 5.69 Å². The average molecular weight is 553 g/mol. The van der Waals surface area contributed by atoms with Crippen molar-refractivity contribution in [2.75, 3.05) is 37.5 Å². The highest BCUT2D eigenvalue weighted by atomic mass is 32.2. The van der Waals surface area contributed by atoms with Crippen LogP contribution in [-0.2, 0) is 19.7 Å². The van der Waals surface area contributed by atoms with Gasteiger partial charge in [-0.2, -0.15) is 5.10 Å². The maximum absolute atomic E-state index is 13.9. The van der Waals surface area contributed by atoms with E-state index in [0.29, 0.717) is 25.4 Å². The van der Waals surface area contributed by atoms with Gasteiger partial charge < -0.3 is 10.1 Å². The normalized spacial score (nSPS) is 15.7. The summed E-state index contributed by atoms with van der Waals surface area (Å²) in [5, 5.41) is 7.78. The van der Waals surface area contributed by atoms with Crippen LogP contribution in [0.1, 0.15) is 60.4 Å². The van der Waals surface area contributed by atoms with E-state index in [4.69, 9.17) is 9.84 Å². The molecule has 208 valence electrons. The van der Waals surface area contributed by atoms with Crippen molar-refractivity contribution in [1.29, 1.82) is 0 Å². The summed E-state index contributed by atoms with van der Waals surface area (Å²) in [5.41, 5.74) is 5.21. The van der Waals surface area contributed by atoms with Crippen LogP contribution in [0.5, 0.6) is 0 Å². The van der Waals surface area contributed by atoms with Gasteiger partial charge in [0.1, 0.15) is 18.2 Å². The first-order valence-corrected chi connectivity index (χ1v) is 14.2. The molecule has 0 radical (unpaired) electrons. The van der Waals surface area contributed by atoms with E-state index in [9.17, 15) is 14.0 Å². The molecule has 7 nitrogen and oxygen atoms in total. The van der Waals surface area contributed by atoms with Crippen LogP contribution < -0.4 is 10.2 Å². The lowest BCUT2D eigenvalue weighted by Crippen LogP contribution is -2.42. The van der Waals surface area contributed by atoms with Crippen LogP contribution in [-0.4, -0.2) is 54.2 Å². The molecule has 0 fully saturated rings. The first kappa shape index (κ1) is 28.8. The van der Waals surface area contributed by atoms with E-state index in [1.54, 1.807) is 24.1 Å². The van der Waals surface area contributed by atoms with Crippen molar-refractivity contribution < 1.29 is 18.7 Å². The maximum atomic E-state index is 13.9. The van der Waals surface area contributed by atoms with Crippen molar-refractivity contribution >= 4 is 29.4 Å². The standard InChI is InChI=1S/C30H37FN4O3S/c1-19-9-7-10-23(20(19)2)35-29-26(28(33-35)30(3,4)5)27(21-11-13-22(31)14-12-21)39-18-25(37)34(29)17-24(36)32-15-8-16-38-6/h7,9-14,27H,8,15-18H2,1-6H3,(H,32,36)/t27-/m0/s1. The summed E-state index contributed by atoms with van der Waals surface area (Å²) in [4.78, 5) is 28.4. The van der Waals surface area contributed by atoms with Gasteiger partial charge in [-0.1, -0.05) is 45.0 Å². The largest absolute Gasteiger partial charge is 0.385 e. The minimum absolute atomic E-state index is 0.129. The number of ether oxygens (including phenoxy) is 1. The Balaban J connectivity index is 1.94. The average Bonchev–Trinajstić information content (AvgIpc) is 3.22. The number of amides is 2. The Bertz CT molecular complexity index is 1350. The molecule has 0 spiro atoms. The fourth-order valence-electron chi connectivity index (χ4n) is 4.75. The highest BCUT2D eigenvalue weighted by Crippen LogP contribution is 2.48. The molecule has 2 aromatic carbocycles. The number of methoxy groups -OCH3 is 1. The SMILES string of the molecule is COCCCNC(=O)CN1C(=O)CS[C@@H](c2ccc(F)cc2)c2c(C(C)(C)C)nn(-c3cccc(C)c3C)c21. The predicted molar refractivity (Wildman–Crippen MR) is 154 cm³/mol. The molecule has 1 aliphatic heterocycles. The lowest BCUT2D eigenvalue weighted by atomic mass is 9.87. The van der Waals surface area contributed by atoms with E-state index in [-0.39, 0.29) is 40.6 Å². The number of halogens is 1. The highest BCUT2D eigenvalue weighted by molar-refractivity contribution is 8.00. The number of benzene rings is 2. The number of rotatable bonds is 8. The minimum Gasteiger partial charge on any atom is -0.385 e. The van der Waals surface area contributed by atoms with Crippen molar-refractivity contribution in [2.45, 2.75) is 51.7 Å². The number of nitrogens with zero attached hydrogens (tertiary/aromatic N) is 3. The molecule has 0 bridgehead atoms. The smallest absolute Gasteiger partial charge is 0.240 e. The quantitative estimate of drug-likeness (QED) is 0.387. The number of carbonyl (C=O) groups is 2. The Morgan fingerprint density at radius 2 is 1.90 bits per heavy atom. The number of aromatic nitrogens is 2. The summed E-state index contributed by atoms with van der Waals surface area (Å²) in [5.74, 6) is 0.0170. The Morgan fingerprint density at radius 1 is 1.18 bits per heavy atom. The van der Waals surface area contributed by atoms with Crippen molar-refractivity contribution in [3.8, 4) is 5.69 Å². The number of thioether (sulfide) groups is 1. The summed E-state index contributed by atoms with van der Waals surface area (Å²) in [6.07, 6.45) is 0.679. The Morgan fingerprint density at radius 3 is 2.56 bits per heavy atom. The van der Waals surface area contributed by atoms with Crippen LogP contribution in [0.2, 0.25) is 0 Å². The minimum atomic E-state index is -0.368. The fraction of sp³-hybridized carbons (Fsp3) is 0.433. The Kier molecular flexibility index (Phi) is 8.81. The monoisotopic (exact) mass is 552 g/mol. The van der Waals surface area contributed by atoms with Gasteiger partial charge in [0.05, 0.1) is 22.4 Å². The molecule has 0 unspecified atom stereocenters. The van der Waals surface area contributed by atoms with Gasteiger partial charge in [-0.25, -0.2) is 9.07 Å². The lowest BCUT2D eigenvalue weighted by molar-refractivity contribution is -0.122.